The Balaban J connectivity index is 2.65. The summed E-state index contributed by atoms with van der Waals surface area (Å²) in [7, 11) is 0. The number of hydrogen-bond acceptors (Lipinski definition) is 1. The normalized spacial score (nSPS) is 13.0. The molecule has 2 heteroatoms. The molecule has 0 heterocycles. The minimum absolute atomic E-state index is 0.230. The maximum absolute atomic E-state index is 9.70. The number of halogens is 1. The van der Waals surface area contributed by atoms with E-state index in [2.05, 4.69) is 0 Å². The van der Waals surface area contributed by atoms with Crippen molar-refractivity contribution in [3.63, 3.8) is 0 Å². The monoisotopic (exact) mass is 206 g/mol. The van der Waals surface area contributed by atoms with Crippen molar-refractivity contribution in [2.24, 2.45) is 0 Å². The predicted octanol–water partition coefficient (Wildman–Crippen LogP) is 3.11. The molecule has 14 heavy (non-hydrogen) atoms. The van der Waals surface area contributed by atoms with Crippen LogP contribution in [0.4, 0.5) is 0 Å². The molecule has 0 spiro atoms. The zero-order valence-electron chi connectivity index (χ0n) is 7.65. The highest BCUT2D eigenvalue weighted by Crippen LogP contribution is 2.24. The highest BCUT2D eigenvalue weighted by Gasteiger charge is 2.08. The van der Waals surface area contributed by atoms with Gasteiger partial charge >= 0.3 is 0 Å². The summed E-state index contributed by atoms with van der Waals surface area (Å²) in [5.74, 6) is 0.230. The van der Waals surface area contributed by atoms with E-state index >= 15 is 0 Å². The van der Waals surface area contributed by atoms with Gasteiger partial charge in [-0.25, -0.2) is 0 Å². The lowest BCUT2D eigenvalue weighted by atomic mass is 10.0. The average molecular weight is 207 g/mol. The van der Waals surface area contributed by atoms with Gasteiger partial charge in [-0.2, -0.15) is 0 Å². The molecule has 0 amide bonds. The van der Waals surface area contributed by atoms with Gasteiger partial charge in [0.2, 0.25) is 0 Å². The second-order valence-corrected chi connectivity index (χ2v) is 3.55. The summed E-state index contributed by atoms with van der Waals surface area (Å²) in [6.45, 7) is 0. The summed E-state index contributed by atoms with van der Waals surface area (Å²) < 4.78 is 0. The fourth-order valence-corrected chi connectivity index (χ4v) is 1.79. The molecule has 0 aliphatic carbocycles. The van der Waals surface area contributed by atoms with Gasteiger partial charge in [-0.15, -0.1) is 11.6 Å². The van der Waals surface area contributed by atoms with Crippen LogP contribution in [0, 0.1) is 0 Å². The van der Waals surface area contributed by atoms with Crippen LogP contribution in [0.1, 0.15) is 11.7 Å². The molecule has 1 atom stereocenters. The number of fused-ring (bicyclic) bond motifs is 1. The van der Waals surface area contributed by atoms with E-state index in [-0.39, 0.29) is 5.88 Å². The quantitative estimate of drug-likeness (QED) is 0.749. The fourth-order valence-electron chi connectivity index (χ4n) is 1.62. The molecule has 1 unspecified atom stereocenters. The van der Waals surface area contributed by atoms with Crippen LogP contribution in [-0.2, 0) is 0 Å². The van der Waals surface area contributed by atoms with Gasteiger partial charge in [-0.1, -0.05) is 42.5 Å². The Morgan fingerprint density at radius 3 is 2.57 bits per heavy atom. The number of benzene rings is 2. The van der Waals surface area contributed by atoms with Crippen molar-refractivity contribution in [3.05, 3.63) is 48.0 Å². The molecule has 1 nitrogen and oxygen atoms in total. The Labute approximate surface area is 87.9 Å². The summed E-state index contributed by atoms with van der Waals surface area (Å²) in [5.41, 5.74) is 0.901. The lowest BCUT2D eigenvalue weighted by Crippen LogP contribution is -1.98. The first-order valence-corrected chi connectivity index (χ1v) is 5.08. The van der Waals surface area contributed by atoms with Gasteiger partial charge < -0.3 is 5.11 Å². The maximum Gasteiger partial charge on any atom is 0.0931 e. The van der Waals surface area contributed by atoms with E-state index in [1.807, 2.05) is 42.5 Å². The van der Waals surface area contributed by atoms with Crippen LogP contribution < -0.4 is 0 Å². The zero-order valence-corrected chi connectivity index (χ0v) is 8.41. The minimum Gasteiger partial charge on any atom is -0.387 e. The molecule has 2 aromatic rings. The third kappa shape index (κ3) is 1.61. The van der Waals surface area contributed by atoms with Crippen LogP contribution in [0.15, 0.2) is 42.5 Å². The number of aliphatic hydroxyl groups is 1. The summed E-state index contributed by atoms with van der Waals surface area (Å²) in [6, 6.07) is 13.9. The van der Waals surface area contributed by atoms with E-state index < -0.39 is 6.10 Å². The van der Waals surface area contributed by atoms with Gasteiger partial charge in [0.05, 0.1) is 12.0 Å². The van der Waals surface area contributed by atoms with Crippen molar-refractivity contribution in [2.45, 2.75) is 6.10 Å². The highest BCUT2D eigenvalue weighted by atomic mass is 35.5. The lowest BCUT2D eigenvalue weighted by Gasteiger charge is -2.10. The standard InChI is InChI=1S/C12H11ClO/c13-8-12(14)11-7-3-5-9-4-1-2-6-10(9)11/h1-7,12,14H,8H2. The summed E-state index contributed by atoms with van der Waals surface area (Å²) in [4.78, 5) is 0. The number of rotatable bonds is 2. The van der Waals surface area contributed by atoms with E-state index in [4.69, 9.17) is 11.6 Å². The van der Waals surface area contributed by atoms with Gasteiger partial charge in [0.1, 0.15) is 0 Å². The Morgan fingerprint density at radius 1 is 1.07 bits per heavy atom. The molecule has 0 aromatic heterocycles. The zero-order chi connectivity index (χ0) is 9.97. The third-order valence-corrected chi connectivity index (χ3v) is 2.62. The van der Waals surface area contributed by atoms with Crippen molar-refractivity contribution < 1.29 is 5.11 Å². The van der Waals surface area contributed by atoms with Crippen LogP contribution >= 0.6 is 11.6 Å². The number of aliphatic hydroxyl groups excluding tert-OH is 1. The lowest BCUT2D eigenvalue weighted by molar-refractivity contribution is 0.204. The molecule has 0 aliphatic heterocycles. The molecule has 0 bridgehead atoms. The molecule has 2 aromatic carbocycles. The van der Waals surface area contributed by atoms with Crippen LogP contribution in [0.5, 0.6) is 0 Å². The molecule has 2 rings (SSSR count). The van der Waals surface area contributed by atoms with Crippen molar-refractivity contribution in [1.29, 1.82) is 0 Å². The van der Waals surface area contributed by atoms with Crippen LogP contribution in [0.25, 0.3) is 10.8 Å². The predicted molar refractivity (Wildman–Crippen MR) is 59.6 cm³/mol. The first kappa shape index (κ1) is 9.50. The Bertz CT molecular complexity index is 434. The molecule has 0 aliphatic rings. The number of alkyl halides is 1. The topological polar surface area (TPSA) is 20.2 Å². The van der Waals surface area contributed by atoms with Crippen molar-refractivity contribution in [1.82, 2.24) is 0 Å². The first-order chi connectivity index (χ1) is 6.83. The van der Waals surface area contributed by atoms with Crippen LogP contribution in [0.2, 0.25) is 0 Å². The summed E-state index contributed by atoms with van der Waals surface area (Å²) >= 11 is 5.64. The van der Waals surface area contributed by atoms with Gasteiger partial charge in [0.25, 0.3) is 0 Å². The van der Waals surface area contributed by atoms with Gasteiger partial charge in [-0.05, 0) is 16.3 Å². The SMILES string of the molecule is OC(CCl)c1cccc2ccccc12. The average Bonchev–Trinajstić information content (AvgIpc) is 2.27. The molecule has 0 saturated carbocycles. The van der Waals surface area contributed by atoms with E-state index in [1.54, 1.807) is 0 Å². The van der Waals surface area contributed by atoms with Gasteiger partial charge in [0, 0.05) is 0 Å². The molecule has 72 valence electrons. The first-order valence-electron chi connectivity index (χ1n) is 4.54. The van der Waals surface area contributed by atoms with Crippen LogP contribution in [0.3, 0.4) is 0 Å². The molecule has 0 fully saturated rings. The largest absolute Gasteiger partial charge is 0.387 e. The second kappa shape index (κ2) is 3.99. The molecular formula is C12H11ClO. The minimum atomic E-state index is -0.581. The number of hydrogen-bond donors (Lipinski definition) is 1. The van der Waals surface area contributed by atoms with E-state index in [0.29, 0.717) is 0 Å². The Hall–Kier alpha value is -1.05. The highest BCUT2D eigenvalue weighted by molar-refractivity contribution is 6.18. The van der Waals surface area contributed by atoms with Gasteiger partial charge in [-0.3, -0.25) is 0 Å². The van der Waals surface area contributed by atoms with Gasteiger partial charge in [0.15, 0.2) is 0 Å². The van der Waals surface area contributed by atoms with E-state index in [0.717, 1.165) is 16.3 Å². The molecule has 0 radical (unpaired) electrons. The smallest absolute Gasteiger partial charge is 0.0931 e. The fraction of sp³-hybridized carbons (Fsp3) is 0.167. The Kier molecular flexibility index (Phi) is 2.71. The van der Waals surface area contributed by atoms with Crippen LogP contribution in [-0.4, -0.2) is 11.0 Å². The third-order valence-electron chi connectivity index (χ3n) is 2.33. The molecular weight excluding hydrogens is 196 g/mol. The van der Waals surface area contributed by atoms with Crippen molar-refractivity contribution in [3.8, 4) is 0 Å². The summed E-state index contributed by atoms with van der Waals surface area (Å²) in [6.07, 6.45) is -0.581. The van der Waals surface area contributed by atoms with E-state index in [1.165, 1.54) is 0 Å². The van der Waals surface area contributed by atoms with E-state index in [9.17, 15) is 5.11 Å². The molecule has 0 saturated heterocycles. The Morgan fingerprint density at radius 2 is 1.79 bits per heavy atom. The molecule has 1 N–H and O–H groups in total. The maximum atomic E-state index is 9.70. The van der Waals surface area contributed by atoms with Crippen molar-refractivity contribution >= 4 is 22.4 Å². The summed E-state index contributed by atoms with van der Waals surface area (Å²) in [5, 5.41) is 11.9. The second-order valence-electron chi connectivity index (χ2n) is 3.24. The van der Waals surface area contributed by atoms with Crippen molar-refractivity contribution in [2.75, 3.05) is 5.88 Å².